The van der Waals surface area contributed by atoms with Gasteiger partial charge < -0.3 is 4.74 Å². The Morgan fingerprint density at radius 3 is 2.60 bits per heavy atom. The van der Waals surface area contributed by atoms with E-state index in [-0.39, 0.29) is 17.1 Å². The Morgan fingerprint density at radius 1 is 1.50 bits per heavy atom. The number of nitro benzene ring substituents is 1. The highest BCUT2D eigenvalue weighted by atomic mass is 32.2. The number of hydrogen-bond acceptors (Lipinski definition) is 5. The first-order valence-electron chi connectivity index (χ1n) is 5.65. The number of halogens is 1. The van der Waals surface area contributed by atoms with E-state index in [1.807, 2.05) is 0 Å². The van der Waals surface area contributed by atoms with Gasteiger partial charge in [0.05, 0.1) is 16.4 Å². The molecule has 0 saturated heterocycles. The van der Waals surface area contributed by atoms with Gasteiger partial charge in [-0.3, -0.25) is 10.1 Å². The fourth-order valence-electron chi connectivity index (χ4n) is 1.68. The number of aryl methyl sites for hydroxylation is 1. The Kier molecular flexibility index (Phi) is 5.15. The van der Waals surface area contributed by atoms with Crippen LogP contribution in [0.2, 0.25) is 0 Å². The number of nitro groups is 1. The molecule has 0 aliphatic heterocycles. The molecule has 1 atom stereocenters. The number of nitrogens with zero attached hydrogens (tertiary/aromatic N) is 1. The van der Waals surface area contributed by atoms with Crippen molar-refractivity contribution in [3.63, 3.8) is 0 Å². The molecule has 1 N–H and O–H groups in total. The average Bonchev–Trinajstić information content (AvgIpc) is 2.27. The molecule has 0 amide bonds. The molecule has 1 aromatic carbocycles. The summed E-state index contributed by atoms with van der Waals surface area (Å²) < 4.78 is 44.7. The number of rotatable bonds is 6. The van der Waals surface area contributed by atoms with Gasteiger partial charge in [0.25, 0.3) is 0 Å². The standard InChI is InChI=1S/C11H15FN2O5S/c1-7-4-9(12)10(14(15)16)5-11(7)20(17,18)13-8(2)6-19-3/h4-5,8,13H,6H2,1-3H3. The topological polar surface area (TPSA) is 98.5 Å². The zero-order chi connectivity index (χ0) is 15.5. The summed E-state index contributed by atoms with van der Waals surface area (Å²) in [7, 11) is -2.57. The molecule has 1 aromatic rings. The maximum Gasteiger partial charge on any atom is 0.306 e. The van der Waals surface area contributed by atoms with Crippen molar-refractivity contribution in [2.75, 3.05) is 13.7 Å². The first-order valence-corrected chi connectivity index (χ1v) is 7.13. The molecule has 0 fully saturated rings. The van der Waals surface area contributed by atoms with Gasteiger partial charge in [-0.05, 0) is 25.5 Å². The van der Waals surface area contributed by atoms with E-state index in [0.717, 1.165) is 6.07 Å². The van der Waals surface area contributed by atoms with Crippen LogP contribution in [0.15, 0.2) is 17.0 Å². The molecule has 1 rings (SSSR count). The molecule has 0 radical (unpaired) electrons. The highest BCUT2D eigenvalue weighted by molar-refractivity contribution is 7.89. The molecule has 20 heavy (non-hydrogen) atoms. The largest absolute Gasteiger partial charge is 0.383 e. The van der Waals surface area contributed by atoms with Crippen molar-refractivity contribution in [1.82, 2.24) is 4.72 Å². The van der Waals surface area contributed by atoms with Crippen LogP contribution in [0.25, 0.3) is 0 Å². The average molecular weight is 306 g/mol. The fourth-order valence-corrected chi connectivity index (χ4v) is 3.16. The lowest BCUT2D eigenvalue weighted by molar-refractivity contribution is -0.387. The normalized spacial score (nSPS) is 13.2. The lowest BCUT2D eigenvalue weighted by Gasteiger charge is -2.14. The number of sulfonamides is 1. The predicted molar refractivity (Wildman–Crippen MR) is 69.5 cm³/mol. The number of hydrogen-bond donors (Lipinski definition) is 1. The SMILES string of the molecule is COCC(C)NS(=O)(=O)c1cc([N+](=O)[O-])c(F)cc1C. The van der Waals surface area contributed by atoms with E-state index in [1.165, 1.54) is 14.0 Å². The quantitative estimate of drug-likeness (QED) is 0.632. The van der Waals surface area contributed by atoms with Crippen molar-refractivity contribution < 1.29 is 22.5 Å². The Morgan fingerprint density at radius 2 is 2.10 bits per heavy atom. The van der Waals surface area contributed by atoms with E-state index in [2.05, 4.69) is 4.72 Å². The van der Waals surface area contributed by atoms with Crippen LogP contribution in [0.3, 0.4) is 0 Å². The summed E-state index contributed by atoms with van der Waals surface area (Å²) >= 11 is 0. The molecule has 9 heteroatoms. The molecule has 112 valence electrons. The van der Waals surface area contributed by atoms with Crippen LogP contribution < -0.4 is 4.72 Å². The molecule has 0 aromatic heterocycles. The third-order valence-corrected chi connectivity index (χ3v) is 4.24. The van der Waals surface area contributed by atoms with Crippen molar-refractivity contribution in [1.29, 1.82) is 0 Å². The number of nitrogens with one attached hydrogen (secondary N) is 1. The Labute approximate surface area is 115 Å². The van der Waals surface area contributed by atoms with Crippen molar-refractivity contribution in [3.05, 3.63) is 33.6 Å². The molecule has 0 aliphatic rings. The number of methoxy groups -OCH3 is 1. The van der Waals surface area contributed by atoms with Crippen molar-refractivity contribution in [2.24, 2.45) is 0 Å². The molecule has 0 heterocycles. The third-order valence-electron chi connectivity index (χ3n) is 2.50. The predicted octanol–water partition coefficient (Wildman–Crippen LogP) is 1.36. The molecule has 0 spiro atoms. The molecular weight excluding hydrogens is 291 g/mol. The van der Waals surface area contributed by atoms with Crippen LogP contribution in [-0.4, -0.2) is 33.1 Å². The fraction of sp³-hybridized carbons (Fsp3) is 0.455. The van der Waals surface area contributed by atoms with Crippen LogP contribution >= 0.6 is 0 Å². The van der Waals surface area contributed by atoms with Crippen molar-refractivity contribution >= 4 is 15.7 Å². The summed E-state index contributed by atoms with van der Waals surface area (Å²) in [5.41, 5.74) is -0.791. The van der Waals surface area contributed by atoms with E-state index < -0.39 is 32.5 Å². The van der Waals surface area contributed by atoms with Gasteiger partial charge in [0.1, 0.15) is 0 Å². The second-order valence-electron chi connectivity index (χ2n) is 4.30. The number of ether oxygens (including phenoxy) is 1. The van der Waals surface area contributed by atoms with Gasteiger partial charge in [-0.2, -0.15) is 4.39 Å². The summed E-state index contributed by atoms with van der Waals surface area (Å²) in [6.07, 6.45) is 0. The number of benzene rings is 1. The molecular formula is C11H15FN2O5S. The first kappa shape index (κ1) is 16.5. The van der Waals surface area contributed by atoms with Gasteiger partial charge >= 0.3 is 5.69 Å². The summed E-state index contributed by atoms with van der Waals surface area (Å²) in [6.45, 7) is 3.08. The molecule has 7 nitrogen and oxygen atoms in total. The van der Waals surface area contributed by atoms with Gasteiger partial charge in [-0.1, -0.05) is 0 Å². The summed E-state index contributed by atoms with van der Waals surface area (Å²) in [6, 6.07) is 1.02. The minimum atomic E-state index is -3.99. The van der Waals surface area contributed by atoms with E-state index >= 15 is 0 Å². The minimum Gasteiger partial charge on any atom is -0.383 e. The third kappa shape index (κ3) is 3.71. The first-order chi connectivity index (χ1) is 9.19. The van der Waals surface area contributed by atoms with E-state index in [4.69, 9.17) is 4.74 Å². The van der Waals surface area contributed by atoms with Gasteiger partial charge in [0, 0.05) is 19.2 Å². The molecule has 1 unspecified atom stereocenters. The van der Waals surface area contributed by atoms with Gasteiger partial charge in [-0.25, -0.2) is 13.1 Å². The Bertz CT molecular complexity index is 617. The zero-order valence-electron chi connectivity index (χ0n) is 11.2. The van der Waals surface area contributed by atoms with Crippen molar-refractivity contribution in [3.8, 4) is 0 Å². The molecule has 0 saturated carbocycles. The zero-order valence-corrected chi connectivity index (χ0v) is 12.0. The maximum atomic E-state index is 13.4. The van der Waals surface area contributed by atoms with Gasteiger partial charge in [-0.15, -0.1) is 0 Å². The Balaban J connectivity index is 3.24. The maximum absolute atomic E-state index is 13.4. The van der Waals surface area contributed by atoms with Crippen LogP contribution in [0.5, 0.6) is 0 Å². The smallest absolute Gasteiger partial charge is 0.306 e. The Hall–Kier alpha value is -1.58. The summed E-state index contributed by atoms with van der Waals surface area (Å²) in [5, 5.41) is 10.7. The van der Waals surface area contributed by atoms with Crippen LogP contribution in [0.4, 0.5) is 10.1 Å². The van der Waals surface area contributed by atoms with Gasteiger partial charge in [0.2, 0.25) is 15.8 Å². The highest BCUT2D eigenvalue weighted by Crippen LogP contribution is 2.25. The highest BCUT2D eigenvalue weighted by Gasteiger charge is 2.25. The van der Waals surface area contributed by atoms with Crippen molar-refractivity contribution in [2.45, 2.75) is 24.8 Å². The molecule has 0 aliphatic carbocycles. The summed E-state index contributed by atoms with van der Waals surface area (Å²) in [5.74, 6) is -1.07. The summed E-state index contributed by atoms with van der Waals surface area (Å²) in [4.78, 5) is 9.38. The van der Waals surface area contributed by atoms with Crippen LogP contribution in [0.1, 0.15) is 12.5 Å². The minimum absolute atomic E-state index is 0.0882. The van der Waals surface area contributed by atoms with Gasteiger partial charge in [0.15, 0.2) is 0 Å². The second-order valence-corrected chi connectivity index (χ2v) is 5.99. The van der Waals surface area contributed by atoms with Crippen LogP contribution in [-0.2, 0) is 14.8 Å². The monoisotopic (exact) mass is 306 g/mol. The lowest BCUT2D eigenvalue weighted by atomic mass is 10.2. The van der Waals surface area contributed by atoms with E-state index in [9.17, 15) is 22.9 Å². The molecule has 0 bridgehead atoms. The van der Waals surface area contributed by atoms with Crippen LogP contribution in [0, 0.1) is 22.9 Å². The lowest BCUT2D eigenvalue weighted by Crippen LogP contribution is -2.36. The van der Waals surface area contributed by atoms with E-state index in [1.54, 1.807) is 6.92 Å². The van der Waals surface area contributed by atoms with E-state index in [0.29, 0.717) is 6.07 Å². The second kappa shape index (κ2) is 6.25.